The topological polar surface area (TPSA) is 63.5 Å². The Morgan fingerprint density at radius 3 is 2.71 bits per heavy atom. The Kier molecular flexibility index (Phi) is 6.37. The number of nitrogens with zero attached hydrogens (tertiary/aromatic N) is 3. The molecule has 0 fully saturated rings. The largest absolute Gasteiger partial charge is 0.377 e. The second-order valence-corrected chi connectivity index (χ2v) is 6.27. The maximum absolute atomic E-state index is 5.41. The number of aromatic nitrogens is 2. The van der Waals surface area contributed by atoms with E-state index in [-0.39, 0.29) is 5.60 Å². The molecule has 0 aliphatic heterocycles. The molecule has 0 unspecified atom stereocenters. The van der Waals surface area contributed by atoms with Gasteiger partial charge in [0, 0.05) is 39.6 Å². The molecule has 130 valence electrons. The van der Waals surface area contributed by atoms with Crippen molar-refractivity contribution in [1.29, 1.82) is 0 Å². The van der Waals surface area contributed by atoms with Crippen LogP contribution in [0.4, 0.5) is 0 Å². The normalized spacial score (nSPS) is 12.2. The number of methoxy groups -OCH3 is 1. The molecule has 0 radical (unpaired) electrons. The van der Waals surface area contributed by atoms with Crippen LogP contribution in [-0.4, -0.2) is 42.0 Å². The van der Waals surface area contributed by atoms with E-state index in [0.717, 1.165) is 12.5 Å². The Hall–Kier alpha value is -2.34. The first kappa shape index (κ1) is 18.0. The van der Waals surface area contributed by atoms with Gasteiger partial charge in [0.2, 0.25) is 0 Å². The van der Waals surface area contributed by atoms with Crippen LogP contribution in [0.2, 0.25) is 0 Å². The molecule has 6 heteroatoms. The van der Waals surface area contributed by atoms with Gasteiger partial charge in [0.25, 0.3) is 0 Å². The monoisotopic (exact) mass is 329 g/mol. The summed E-state index contributed by atoms with van der Waals surface area (Å²) in [5.41, 5.74) is 2.19. The van der Waals surface area contributed by atoms with E-state index in [2.05, 4.69) is 45.0 Å². The molecule has 2 rings (SSSR count). The van der Waals surface area contributed by atoms with Gasteiger partial charge in [0.05, 0.1) is 12.1 Å². The molecule has 0 atom stereocenters. The highest BCUT2D eigenvalue weighted by atomic mass is 16.5. The number of benzene rings is 1. The summed E-state index contributed by atoms with van der Waals surface area (Å²) in [6.45, 7) is 6.23. The summed E-state index contributed by atoms with van der Waals surface area (Å²) < 4.78 is 7.32. The van der Waals surface area contributed by atoms with Gasteiger partial charge in [-0.3, -0.25) is 9.67 Å². The first-order chi connectivity index (χ1) is 11.5. The van der Waals surface area contributed by atoms with E-state index in [0.29, 0.717) is 13.1 Å². The third-order valence-electron chi connectivity index (χ3n) is 3.81. The molecular formula is C18H27N5O. The Morgan fingerprint density at radius 2 is 2.04 bits per heavy atom. The molecular weight excluding hydrogens is 302 g/mol. The van der Waals surface area contributed by atoms with Crippen molar-refractivity contribution in [2.45, 2.75) is 32.5 Å². The van der Waals surface area contributed by atoms with Crippen LogP contribution < -0.4 is 10.6 Å². The fourth-order valence-electron chi connectivity index (χ4n) is 2.19. The molecule has 1 aromatic heterocycles. The van der Waals surface area contributed by atoms with Crippen molar-refractivity contribution in [3.05, 3.63) is 53.9 Å². The minimum Gasteiger partial charge on any atom is -0.377 e. The lowest BCUT2D eigenvalue weighted by Gasteiger charge is -2.24. The zero-order valence-corrected chi connectivity index (χ0v) is 14.9. The van der Waals surface area contributed by atoms with Gasteiger partial charge >= 0.3 is 0 Å². The molecule has 2 N–H and O–H groups in total. The molecule has 1 heterocycles. The van der Waals surface area contributed by atoms with E-state index in [1.165, 1.54) is 11.1 Å². The number of guanidine groups is 1. The molecule has 0 saturated heterocycles. The van der Waals surface area contributed by atoms with E-state index in [1.807, 2.05) is 30.8 Å². The lowest BCUT2D eigenvalue weighted by molar-refractivity contribution is 0.0268. The van der Waals surface area contributed by atoms with Gasteiger partial charge < -0.3 is 15.4 Å². The van der Waals surface area contributed by atoms with Crippen LogP contribution in [0.25, 0.3) is 0 Å². The van der Waals surface area contributed by atoms with Crippen LogP contribution in [0.5, 0.6) is 0 Å². The summed E-state index contributed by atoms with van der Waals surface area (Å²) in [5, 5.41) is 10.9. The second kappa shape index (κ2) is 8.49. The van der Waals surface area contributed by atoms with Gasteiger partial charge in [-0.1, -0.05) is 24.3 Å². The van der Waals surface area contributed by atoms with Crippen LogP contribution >= 0.6 is 0 Å². The Labute approximate surface area is 143 Å². The van der Waals surface area contributed by atoms with E-state index in [4.69, 9.17) is 4.74 Å². The van der Waals surface area contributed by atoms with E-state index in [9.17, 15) is 0 Å². The highest BCUT2D eigenvalue weighted by Crippen LogP contribution is 2.07. The molecule has 0 bridgehead atoms. The average molecular weight is 329 g/mol. The number of hydrogen-bond acceptors (Lipinski definition) is 3. The zero-order valence-electron chi connectivity index (χ0n) is 14.9. The van der Waals surface area contributed by atoms with Crippen LogP contribution in [-0.2, 0) is 17.8 Å². The van der Waals surface area contributed by atoms with Gasteiger partial charge in [0.15, 0.2) is 5.96 Å². The second-order valence-electron chi connectivity index (χ2n) is 6.27. The minimum atomic E-state index is -0.235. The number of ether oxygens (including phenoxy) is 1. The first-order valence-corrected chi connectivity index (χ1v) is 8.07. The SMILES string of the molecule is CN=C(NCc1cccc(Cn2cccn2)c1)NCC(C)(C)OC. The lowest BCUT2D eigenvalue weighted by atomic mass is 10.1. The summed E-state index contributed by atoms with van der Waals surface area (Å²) in [6.07, 6.45) is 3.76. The van der Waals surface area contributed by atoms with Crippen LogP contribution in [0.3, 0.4) is 0 Å². The van der Waals surface area contributed by atoms with Gasteiger partial charge in [-0.25, -0.2) is 0 Å². The average Bonchev–Trinajstić information content (AvgIpc) is 3.08. The van der Waals surface area contributed by atoms with Gasteiger partial charge in [0.1, 0.15) is 0 Å². The van der Waals surface area contributed by atoms with Crippen LogP contribution in [0.1, 0.15) is 25.0 Å². The standard InChI is InChI=1S/C18H27N5O/c1-18(2,24-4)14-21-17(19-3)20-12-15-7-5-8-16(11-15)13-23-10-6-9-22-23/h5-11H,12-14H2,1-4H3,(H2,19,20,21). The summed E-state index contributed by atoms with van der Waals surface area (Å²) in [5.74, 6) is 0.762. The van der Waals surface area contributed by atoms with Crippen molar-refractivity contribution >= 4 is 5.96 Å². The summed E-state index contributed by atoms with van der Waals surface area (Å²) in [6, 6.07) is 10.4. The first-order valence-electron chi connectivity index (χ1n) is 8.07. The number of hydrogen-bond donors (Lipinski definition) is 2. The van der Waals surface area contributed by atoms with E-state index in [1.54, 1.807) is 20.4 Å². The number of nitrogens with one attached hydrogen (secondary N) is 2. The van der Waals surface area contributed by atoms with Gasteiger partial charge in [-0.05, 0) is 31.0 Å². The van der Waals surface area contributed by atoms with Crippen molar-refractivity contribution in [2.24, 2.45) is 4.99 Å². The fraction of sp³-hybridized carbons (Fsp3) is 0.444. The third kappa shape index (κ3) is 5.70. The van der Waals surface area contributed by atoms with E-state index >= 15 is 0 Å². The van der Waals surface area contributed by atoms with E-state index < -0.39 is 0 Å². The quantitative estimate of drug-likeness (QED) is 0.603. The zero-order chi connectivity index (χ0) is 17.4. The maximum Gasteiger partial charge on any atom is 0.191 e. The van der Waals surface area contributed by atoms with Crippen molar-refractivity contribution in [2.75, 3.05) is 20.7 Å². The molecule has 0 aliphatic rings. The molecule has 24 heavy (non-hydrogen) atoms. The smallest absolute Gasteiger partial charge is 0.191 e. The van der Waals surface area contributed by atoms with Crippen molar-refractivity contribution in [1.82, 2.24) is 20.4 Å². The van der Waals surface area contributed by atoms with Crippen LogP contribution in [0, 0.1) is 0 Å². The highest BCUT2D eigenvalue weighted by molar-refractivity contribution is 5.79. The maximum atomic E-state index is 5.41. The van der Waals surface area contributed by atoms with Crippen molar-refractivity contribution in [3.63, 3.8) is 0 Å². The highest BCUT2D eigenvalue weighted by Gasteiger charge is 2.16. The van der Waals surface area contributed by atoms with Crippen LogP contribution in [0.15, 0.2) is 47.7 Å². The summed E-state index contributed by atoms with van der Waals surface area (Å²) in [7, 11) is 3.48. The van der Waals surface area contributed by atoms with Crippen molar-refractivity contribution in [3.8, 4) is 0 Å². The molecule has 0 amide bonds. The summed E-state index contributed by atoms with van der Waals surface area (Å²) >= 11 is 0. The molecule has 6 nitrogen and oxygen atoms in total. The Balaban J connectivity index is 1.88. The molecule has 0 saturated carbocycles. The molecule has 2 aromatic rings. The predicted molar refractivity (Wildman–Crippen MR) is 97.1 cm³/mol. The summed E-state index contributed by atoms with van der Waals surface area (Å²) in [4.78, 5) is 4.25. The Bertz CT molecular complexity index is 649. The number of rotatable bonds is 7. The molecule has 0 aliphatic carbocycles. The molecule has 0 spiro atoms. The lowest BCUT2D eigenvalue weighted by Crippen LogP contribution is -2.45. The van der Waals surface area contributed by atoms with Crippen molar-refractivity contribution < 1.29 is 4.74 Å². The third-order valence-corrected chi connectivity index (χ3v) is 3.81. The molecule has 1 aromatic carbocycles. The van der Waals surface area contributed by atoms with Gasteiger partial charge in [-0.2, -0.15) is 5.10 Å². The Morgan fingerprint density at radius 1 is 1.25 bits per heavy atom. The number of aliphatic imine (C=N–C) groups is 1. The predicted octanol–water partition coefficient (Wildman–Crippen LogP) is 2.02. The fourth-order valence-corrected chi connectivity index (χ4v) is 2.19. The minimum absolute atomic E-state index is 0.235. The van der Waals surface area contributed by atoms with Gasteiger partial charge in [-0.15, -0.1) is 0 Å².